The van der Waals surface area contributed by atoms with Crippen LogP contribution in [0.1, 0.15) is 40.0 Å². The zero-order valence-corrected chi connectivity index (χ0v) is 9.81. The van der Waals surface area contributed by atoms with Crippen LogP contribution in [-0.4, -0.2) is 26.8 Å². The lowest BCUT2D eigenvalue weighted by Crippen LogP contribution is -2.34. The van der Waals surface area contributed by atoms with Gasteiger partial charge in [-0.15, -0.1) is 0 Å². The van der Waals surface area contributed by atoms with E-state index < -0.39 is 0 Å². The summed E-state index contributed by atoms with van der Waals surface area (Å²) in [6.07, 6.45) is 3.96. The first-order valence-corrected chi connectivity index (χ1v) is 5.31. The molecule has 0 saturated heterocycles. The Kier molecular flexibility index (Phi) is 6.35. The van der Waals surface area contributed by atoms with Crippen molar-refractivity contribution in [1.82, 2.24) is 5.32 Å². The average molecular weight is 187 g/mol. The number of methoxy groups -OCH3 is 1. The van der Waals surface area contributed by atoms with Crippen molar-refractivity contribution < 1.29 is 4.74 Å². The van der Waals surface area contributed by atoms with Crippen molar-refractivity contribution in [3.8, 4) is 0 Å². The summed E-state index contributed by atoms with van der Waals surface area (Å²) in [6.45, 7) is 7.77. The molecule has 0 radical (unpaired) electrons. The predicted octanol–water partition coefficient (Wildman–Crippen LogP) is 2.44. The van der Waals surface area contributed by atoms with Gasteiger partial charge in [0.05, 0.1) is 6.10 Å². The molecule has 0 bridgehead atoms. The Morgan fingerprint density at radius 2 is 1.85 bits per heavy atom. The Labute approximate surface area is 83.1 Å². The molecule has 0 aromatic carbocycles. The highest BCUT2D eigenvalue weighted by atomic mass is 16.5. The molecule has 1 N–H and O–H groups in total. The van der Waals surface area contributed by atoms with E-state index in [2.05, 4.69) is 26.1 Å². The number of ether oxygens (including phenoxy) is 1. The standard InChI is InChI=1S/C11H25NO/c1-6-11(7-2,9-12-4)8-10(3)13-5/h10,12H,6-9H2,1-5H3. The van der Waals surface area contributed by atoms with Crippen LogP contribution >= 0.6 is 0 Å². The number of hydrogen-bond donors (Lipinski definition) is 1. The van der Waals surface area contributed by atoms with Crippen molar-refractivity contribution in [3.05, 3.63) is 0 Å². The van der Waals surface area contributed by atoms with Gasteiger partial charge in [0.2, 0.25) is 0 Å². The first-order valence-electron chi connectivity index (χ1n) is 5.31. The molecule has 0 aliphatic rings. The smallest absolute Gasteiger partial charge is 0.0549 e. The molecule has 2 nitrogen and oxygen atoms in total. The molecule has 13 heavy (non-hydrogen) atoms. The van der Waals surface area contributed by atoms with Gasteiger partial charge >= 0.3 is 0 Å². The van der Waals surface area contributed by atoms with Crippen molar-refractivity contribution in [1.29, 1.82) is 0 Å². The zero-order valence-electron chi connectivity index (χ0n) is 9.81. The minimum atomic E-state index is 0.369. The van der Waals surface area contributed by atoms with E-state index in [4.69, 9.17) is 4.74 Å². The largest absolute Gasteiger partial charge is 0.382 e. The molecule has 0 aromatic rings. The van der Waals surface area contributed by atoms with Gasteiger partial charge in [-0.3, -0.25) is 0 Å². The summed E-state index contributed by atoms with van der Waals surface area (Å²) in [5, 5.41) is 3.28. The maximum Gasteiger partial charge on any atom is 0.0549 e. The van der Waals surface area contributed by atoms with Crippen molar-refractivity contribution in [2.75, 3.05) is 20.7 Å². The third-order valence-corrected chi connectivity index (χ3v) is 3.17. The molecule has 0 rings (SSSR count). The highest BCUT2D eigenvalue weighted by Crippen LogP contribution is 2.31. The minimum absolute atomic E-state index is 0.369. The van der Waals surface area contributed by atoms with Gasteiger partial charge in [0, 0.05) is 13.7 Å². The average Bonchev–Trinajstić information content (AvgIpc) is 2.17. The Bertz CT molecular complexity index is 121. The normalized spacial score (nSPS) is 14.5. The third kappa shape index (κ3) is 4.10. The first-order chi connectivity index (χ1) is 6.14. The molecule has 0 spiro atoms. The van der Waals surface area contributed by atoms with Crippen LogP contribution in [-0.2, 0) is 4.74 Å². The number of nitrogens with one attached hydrogen (secondary N) is 1. The van der Waals surface area contributed by atoms with E-state index in [0.717, 1.165) is 13.0 Å². The van der Waals surface area contributed by atoms with E-state index in [-0.39, 0.29) is 0 Å². The fraction of sp³-hybridized carbons (Fsp3) is 1.00. The number of hydrogen-bond acceptors (Lipinski definition) is 2. The zero-order chi connectivity index (χ0) is 10.3. The Balaban J connectivity index is 4.19. The minimum Gasteiger partial charge on any atom is -0.382 e. The third-order valence-electron chi connectivity index (χ3n) is 3.17. The summed E-state index contributed by atoms with van der Waals surface area (Å²) in [4.78, 5) is 0. The summed E-state index contributed by atoms with van der Waals surface area (Å²) in [5.74, 6) is 0. The lowest BCUT2D eigenvalue weighted by atomic mass is 9.77. The van der Waals surface area contributed by atoms with Crippen LogP contribution in [0.4, 0.5) is 0 Å². The van der Waals surface area contributed by atoms with Crippen molar-refractivity contribution in [3.63, 3.8) is 0 Å². The molecule has 0 heterocycles. The van der Waals surface area contributed by atoms with Gasteiger partial charge in [-0.25, -0.2) is 0 Å². The predicted molar refractivity (Wildman–Crippen MR) is 58.0 cm³/mol. The van der Waals surface area contributed by atoms with Gasteiger partial charge in [-0.05, 0) is 38.6 Å². The molecule has 0 aliphatic carbocycles. The maximum atomic E-state index is 5.33. The molecule has 0 aromatic heterocycles. The first kappa shape index (κ1) is 12.9. The Morgan fingerprint density at radius 1 is 1.31 bits per heavy atom. The fourth-order valence-electron chi connectivity index (χ4n) is 1.93. The monoisotopic (exact) mass is 187 g/mol. The second-order valence-corrected chi connectivity index (χ2v) is 3.99. The Morgan fingerprint density at radius 3 is 2.15 bits per heavy atom. The lowest BCUT2D eigenvalue weighted by Gasteiger charge is -2.33. The van der Waals surface area contributed by atoms with Gasteiger partial charge in [-0.1, -0.05) is 13.8 Å². The second-order valence-electron chi connectivity index (χ2n) is 3.99. The molecule has 0 aliphatic heterocycles. The highest BCUT2D eigenvalue weighted by Gasteiger charge is 2.27. The van der Waals surface area contributed by atoms with E-state index in [1.54, 1.807) is 7.11 Å². The maximum absolute atomic E-state index is 5.33. The summed E-state index contributed by atoms with van der Waals surface area (Å²) in [7, 11) is 3.82. The van der Waals surface area contributed by atoms with Crippen LogP contribution in [0.15, 0.2) is 0 Å². The number of rotatable bonds is 7. The molecule has 80 valence electrons. The van der Waals surface area contributed by atoms with E-state index in [1.165, 1.54) is 12.8 Å². The molecule has 1 unspecified atom stereocenters. The van der Waals surface area contributed by atoms with Crippen LogP contribution < -0.4 is 5.32 Å². The summed E-state index contributed by atoms with van der Waals surface area (Å²) < 4.78 is 5.33. The SMILES string of the molecule is CCC(CC)(CNC)CC(C)OC. The lowest BCUT2D eigenvalue weighted by molar-refractivity contribution is 0.0598. The van der Waals surface area contributed by atoms with Gasteiger partial charge in [-0.2, -0.15) is 0 Å². The Hall–Kier alpha value is -0.0800. The van der Waals surface area contributed by atoms with Gasteiger partial charge in [0.25, 0.3) is 0 Å². The summed E-state index contributed by atoms with van der Waals surface area (Å²) in [5.41, 5.74) is 0.421. The van der Waals surface area contributed by atoms with Crippen LogP contribution in [0, 0.1) is 5.41 Å². The molecule has 0 fully saturated rings. The van der Waals surface area contributed by atoms with Crippen molar-refractivity contribution in [2.45, 2.75) is 46.1 Å². The molecule has 0 saturated carbocycles. The summed E-state index contributed by atoms with van der Waals surface area (Å²) >= 11 is 0. The van der Waals surface area contributed by atoms with E-state index in [9.17, 15) is 0 Å². The van der Waals surface area contributed by atoms with Crippen LogP contribution in [0.3, 0.4) is 0 Å². The van der Waals surface area contributed by atoms with Gasteiger partial charge in [0.1, 0.15) is 0 Å². The summed E-state index contributed by atoms with van der Waals surface area (Å²) in [6, 6.07) is 0. The van der Waals surface area contributed by atoms with Gasteiger partial charge in [0.15, 0.2) is 0 Å². The highest BCUT2D eigenvalue weighted by molar-refractivity contribution is 4.80. The fourth-order valence-corrected chi connectivity index (χ4v) is 1.93. The van der Waals surface area contributed by atoms with Gasteiger partial charge < -0.3 is 10.1 Å². The molecule has 1 atom stereocenters. The molecule has 0 amide bonds. The molecular formula is C11H25NO. The topological polar surface area (TPSA) is 21.3 Å². The van der Waals surface area contributed by atoms with Crippen molar-refractivity contribution in [2.24, 2.45) is 5.41 Å². The van der Waals surface area contributed by atoms with E-state index in [0.29, 0.717) is 11.5 Å². The quantitative estimate of drug-likeness (QED) is 0.661. The van der Waals surface area contributed by atoms with E-state index >= 15 is 0 Å². The molecular weight excluding hydrogens is 162 g/mol. The van der Waals surface area contributed by atoms with Crippen LogP contribution in [0.25, 0.3) is 0 Å². The second kappa shape index (κ2) is 6.39. The molecule has 2 heteroatoms. The van der Waals surface area contributed by atoms with Crippen LogP contribution in [0.5, 0.6) is 0 Å². The van der Waals surface area contributed by atoms with Crippen molar-refractivity contribution >= 4 is 0 Å². The van der Waals surface area contributed by atoms with E-state index in [1.807, 2.05) is 7.05 Å². The van der Waals surface area contributed by atoms with Crippen LogP contribution in [0.2, 0.25) is 0 Å².